The van der Waals surface area contributed by atoms with Crippen molar-refractivity contribution in [2.45, 2.75) is 92.9 Å². The molecule has 2 aromatic carbocycles. The first-order chi connectivity index (χ1) is 12.6. The number of benzene rings is 2. The quantitative estimate of drug-likeness (QED) is 0.464. The van der Waals surface area contributed by atoms with Crippen molar-refractivity contribution in [2.24, 2.45) is 0 Å². The summed E-state index contributed by atoms with van der Waals surface area (Å²) in [7, 11) is 0. The fourth-order valence-electron chi connectivity index (χ4n) is 4.29. The summed E-state index contributed by atoms with van der Waals surface area (Å²) in [6.45, 7) is 13.7. The van der Waals surface area contributed by atoms with Gasteiger partial charge < -0.3 is 0 Å². The summed E-state index contributed by atoms with van der Waals surface area (Å²) in [5, 5.41) is 0. The van der Waals surface area contributed by atoms with Crippen LogP contribution in [0.15, 0.2) is 24.3 Å². The standard InChI is InChI=1S/C26H38/c1-7-19-15-23(11-5)25(17-21(19)9-3)13-14-26-18-22(10-4)20(8-2)16-24(26)12-6/h15-18H,7-14H2,1-6H3. The summed E-state index contributed by atoms with van der Waals surface area (Å²) in [6.07, 6.45) is 9.20. The lowest BCUT2D eigenvalue weighted by Gasteiger charge is -2.17. The Hall–Kier alpha value is -1.56. The van der Waals surface area contributed by atoms with E-state index >= 15 is 0 Å². The third kappa shape index (κ3) is 4.58. The van der Waals surface area contributed by atoms with Crippen LogP contribution in [0.5, 0.6) is 0 Å². The maximum atomic E-state index is 2.50. The Morgan fingerprint density at radius 2 is 0.538 bits per heavy atom. The molecular weight excluding hydrogens is 312 g/mol. The fourth-order valence-corrected chi connectivity index (χ4v) is 4.29. The Kier molecular flexibility index (Phi) is 7.94. The molecule has 2 aromatic rings. The first-order valence-corrected chi connectivity index (χ1v) is 10.9. The second-order valence-electron chi connectivity index (χ2n) is 7.40. The predicted molar refractivity (Wildman–Crippen MR) is 117 cm³/mol. The maximum Gasteiger partial charge on any atom is -0.0235 e. The average Bonchev–Trinajstić information content (AvgIpc) is 2.70. The van der Waals surface area contributed by atoms with Crippen LogP contribution in [-0.2, 0) is 51.4 Å². The molecule has 0 radical (unpaired) electrons. The highest BCUT2D eigenvalue weighted by molar-refractivity contribution is 5.42. The van der Waals surface area contributed by atoms with E-state index in [4.69, 9.17) is 0 Å². The summed E-state index contributed by atoms with van der Waals surface area (Å²) in [5.41, 5.74) is 12.4. The first kappa shape index (κ1) is 20.7. The lowest BCUT2D eigenvalue weighted by molar-refractivity contribution is 0.887. The Labute approximate surface area is 162 Å². The molecule has 0 saturated heterocycles. The Bertz CT molecular complexity index is 658. The van der Waals surface area contributed by atoms with E-state index in [1.54, 1.807) is 44.5 Å². The van der Waals surface area contributed by atoms with Crippen LogP contribution < -0.4 is 0 Å². The molecular formula is C26H38. The molecule has 0 saturated carbocycles. The molecule has 0 bridgehead atoms. The molecule has 0 unspecified atom stereocenters. The van der Waals surface area contributed by atoms with E-state index in [1.165, 1.54) is 12.8 Å². The Morgan fingerprint density at radius 3 is 0.769 bits per heavy atom. The van der Waals surface area contributed by atoms with E-state index in [2.05, 4.69) is 65.8 Å². The van der Waals surface area contributed by atoms with Crippen molar-refractivity contribution in [3.05, 3.63) is 68.8 Å². The summed E-state index contributed by atoms with van der Waals surface area (Å²) < 4.78 is 0. The Balaban J connectivity index is 2.33. The van der Waals surface area contributed by atoms with E-state index in [1.807, 2.05) is 0 Å². The normalized spacial score (nSPS) is 11.2. The van der Waals surface area contributed by atoms with E-state index in [-0.39, 0.29) is 0 Å². The van der Waals surface area contributed by atoms with Gasteiger partial charge in [0.15, 0.2) is 0 Å². The molecule has 142 valence electrons. The minimum absolute atomic E-state index is 1.14. The van der Waals surface area contributed by atoms with Crippen LogP contribution in [-0.4, -0.2) is 0 Å². The van der Waals surface area contributed by atoms with Gasteiger partial charge in [-0.3, -0.25) is 0 Å². The molecule has 0 spiro atoms. The molecule has 0 aliphatic rings. The van der Waals surface area contributed by atoms with Crippen LogP contribution in [0.2, 0.25) is 0 Å². The molecule has 2 rings (SSSR count). The number of hydrogen-bond donors (Lipinski definition) is 0. The van der Waals surface area contributed by atoms with Crippen LogP contribution in [0, 0.1) is 0 Å². The highest BCUT2D eigenvalue weighted by Gasteiger charge is 2.11. The lowest BCUT2D eigenvalue weighted by Crippen LogP contribution is -2.05. The maximum absolute atomic E-state index is 2.50. The van der Waals surface area contributed by atoms with E-state index in [9.17, 15) is 0 Å². The molecule has 0 amide bonds. The summed E-state index contributed by atoms with van der Waals surface area (Å²) >= 11 is 0. The largest absolute Gasteiger partial charge is 0.0613 e. The van der Waals surface area contributed by atoms with Crippen LogP contribution in [0.25, 0.3) is 0 Å². The highest BCUT2D eigenvalue weighted by atomic mass is 14.2. The molecule has 0 fully saturated rings. The fraction of sp³-hybridized carbons (Fsp3) is 0.538. The van der Waals surface area contributed by atoms with Gasteiger partial charge in [0, 0.05) is 0 Å². The van der Waals surface area contributed by atoms with Crippen LogP contribution in [0.3, 0.4) is 0 Å². The van der Waals surface area contributed by atoms with Gasteiger partial charge in [-0.25, -0.2) is 0 Å². The zero-order valence-corrected chi connectivity index (χ0v) is 18.0. The van der Waals surface area contributed by atoms with Gasteiger partial charge in [-0.1, -0.05) is 65.8 Å². The lowest BCUT2D eigenvalue weighted by atomic mass is 9.88. The summed E-state index contributed by atoms with van der Waals surface area (Å²) in [4.78, 5) is 0. The van der Waals surface area contributed by atoms with Crippen molar-refractivity contribution in [1.82, 2.24) is 0 Å². The van der Waals surface area contributed by atoms with Gasteiger partial charge in [0.2, 0.25) is 0 Å². The molecule has 0 atom stereocenters. The van der Waals surface area contributed by atoms with Gasteiger partial charge in [0.05, 0.1) is 0 Å². The smallest absolute Gasteiger partial charge is 0.0235 e. The van der Waals surface area contributed by atoms with E-state index in [0.717, 1.165) is 38.5 Å². The molecule has 0 heterocycles. The molecule has 0 N–H and O–H groups in total. The minimum Gasteiger partial charge on any atom is -0.0613 e. The molecule has 0 aliphatic heterocycles. The summed E-state index contributed by atoms with van der Waals surface area (Å²) in [5.74, 6) is 0. The third-order valence-corrected chi connectivity index (χ3v) is 5.99. The number of hydrogen-bond acceptors (Lipinski definition) is 0. The highest BCUT2D eigenvalue weighted by Crippen LogP contribution is 2.24. The monoisotopic (exact) mass is 350 g/mol. The van der Waals surface area contributed by atoms with Gasteiger partial charge in [-0.05, 0) is 95.9 Å². The molecule has 0 aliphatic carbocycles. The van der Waals surface area contributed by atoms with Crippen molar-refractivity contribution in [1.29, 1.82) is 0 Å². The van der Waals surface area contributed by atoms with Gasteiger partial charge in [0.25, 0.3) is 0 Å². The van der Waals surface area contributed by atoms with Crippen molar-refractivity contribution >= 4 is 0 Å². The van der Waals surface area contributed by atoms with Gasteiger partial charge >= 0.3 is 0 Å². The van der Waals surface area contributed by atoms with Crippen molar-refractivity contribution < 1.29 is 0 Å². The Morgan fingerprint density at radius 1 is 0.346 bits per heavy atom. The van der Waals surface area contributed by atoms with Crippen LogP contribution in [0.1, 0.15) is 86.1 Å². The second kappa shape index (κ2) is 9.95. The second-order valence-corrected chi connectivity index (χ2v) is 7.40. The van der Waals surface area contributed by atoms with Crippen molar-refractivity contribution in [3.8, 4) is 0 Å². The first-order valence-electron chi connectivity index (χ1n) is 10.9. The minimum atomic E-state index is 1.14. The average molecular weight is 351 g/mol. The van der Waals surface area contributed by atoms with E-state index in [0.29, 0.717) is 0 Å². The van der Waals surface area contributed by atoms with Crippen LogP contribution in [0.4, 0.5) is 0 Å². The topological polar surface area (TPSA) is 0 Å². The molecule has 0 aromatic heterocycles. The van der Waals surface area contributed by atoms with Gasteiger partial charge in [-0.2, -0.15) is 0 Å². The number of rotatable bonds is 9. The van der Waals surface area contributed by atoms with Crippen molar-refractivity contribution in [2.75, 3.05) is 0 Å². The predicted octanol–water partition coefficient (Wildman–Crippen LogP) is 6.85. The third-order valence-electron chi connectivity index (χ3n) is 5.99. The van der Waals surface area contributed by atoms with E-state index < -0.39 is 0 Å². The zero-order valence-electron chi connectivity index (χ0n) is 18.0. The molecule has 26 heavy (non-hydrogen) atoms. The van der Waals surface area contributed by atoms with Crippen LogP contribution >= 0.6 is 0 Å². The van der Waals surface area contributed by atoms with Crippen molar-refractivity contribution in [3.63, 3.8) is 0 Å². The zero-order chi connectivity index (χ0) is 19.1. The molecule has 0 nitrogen and oxygen atoms in total. The number of aryl methyl sites for hydroxylation is 8. The van der Waals surface area contributed by atoms with Gasteiger partial charge in [0.1, 0.15) is 0 Å². The van der Waals surface area contributed by atoms with Gasteiger partial charge in [-0.15, -0.1) is 0 Å². The summed E-state index contributed by atoms with van der Waals surface area (Å²) in [6, 6.07) is 9.97. The molecule has 0 heteroatoms. The SMILES string of the molecule is CCc1cc(CC)c(CCc2cc(CC)c(CC)cc2CC)cc1CC.